The highest BCUT2D eigenvalue weighted by molar-refractivity contribution is 5.59. The van der Waals surface area contributed by atoms with Crippen molar-refractivity contribution in [2.75, 3.05) is 19.5 Å². The molecule has 1 aromatic heterocycles. The predicted molar refractivity (Wildman–Crippen MR) is 74.8 cm³/mol. The molecule has 5 nitrogen and oxygen atoms in total. The summed E-state index contributed by atoms with van der Waals surface area (Å²) >= 11 is 0. The highest BCUT2D eigenvalue weighted by atomic mass is 16.5. The Balaban J connectivity index is 2.11. The topological polar surface area (TPSA) is 48.3 Å². The van der Waals surface area contributed by atoms with Crippen molar-refractivity contribution in [2.24, 2.45) is 0 Å². The summed E-state index contributed by atoms with van der Waals surface area (Å²) in [6, 6.07) is 5.71. The average molecular weight is 261 g/mol. The van der Waals surface area contributed by atoms with Crippen LogP contribution >= 0.6 is 0 Å². The molecule has 0 atom stereocenters. The van der Waals surface area contributed by atoms with Crippen molar-refractivity contribution in [3.8, 4) is 11.5 Å². The van der Waals surface area contributed by atoms with E-state index in [1.54, 1.807) is 14.2 Å². The maximum Gasteiger partial charge on any atom is 0.145 e. The first kappa shape index (κ1) is 13.3. The molecule has 0 fully saturated rings. The summed E-state index contributed by atoms with van der Waals surface area (Å²) in [5.41, 5.74) is 2.08. The molecule has 5 heteroatoms. The normalized spacial score (nSPS) is 10.3. The third-order valence-electron chi connectivity index (χ3n) is 3.01. The number of methoxy groups -OCH3 is 2. The Morgan fingerprint density at radius 3 is 2.79 bits per heavy atom. The number of nitrogens with zero attached hydrogens (tertiary/aromatic N) is 2. The number of hydrogen-bond acceptors (Lipinski definition) is 4. The molecule has 0 unspecified atom stereocenters. The van der Waals surface area contributed by atoms with Crippen LogP contribution in [0.4, 0.5) is 5.69 Å². The second-order valence-corrected chi connectivity index (χ2v) is 4.09. The lowest BCUT2D eigenvalue weighted by Crippen LogP contribution is -2.06. The van der Waals surface area contributed by atoms with Crippen LogP contribution in [0.5, 0.6) is 11.5 Å². The van der Waals surface area contributed by atoms with Crippen LogP contribution in [0.25, 0.3) is 0 Å². The third-order valence-corrected chi connectivity index (χ3v) is 3.01. The number of nitrogens with one attached hydrogen (secondary N) is 1. The number of aryl methyl sites for hydroxylation is 1. The van der Waals surface area contributed by atoms with E-state index in [0.29, 0.717) is 6.54 Å². The van der Waals surface area contributed by atoms with Gasteiger partial charge in [-0.05, 0) is 19.1 Å². The van der Waals surface area contributed by atoms with Crippen molar-refractivity contribution < 1.29 is 9.47 Å². The minimum absolute atomic E-state index is 0.705. The lowest BCUT2D eigenvalue weighted by molar-refractivity contribution is 0.395. The Bertz CT molecular complexity index is 537. The van der Waals surface area contributed by atoms with Crippen molar-refractivity contribution in [1.82, 2.24) is 9.55 Å². The number of imidazole rings is 1. The van der Waals surface area contributed by atoms with Crippen LogP contribution < -0.4 is 14.8 Å². The quantitative estimate of drug-likeness (QED) is 0.868. The smallest absolute Gasteiger partial charge is 0.145 e. The van der Waals surface area contributed by atoms with Gasteiger partial charge < -0.3 is 19.4 Å². The van der Waals surface area contributed by atoms with Crippen molar-refractivity contribution >= 4 is 5.69 Å². The molecule has 0 aliphatic heterocycles. The summed E-state index contributed by atoms with van der Waals surface area (Å²) in [5.74, 6) is 1.54. The van der Waals surface area contributed by atoms with Gasteiger partial charge in [-0.2, -0.15) is 0 Å². The summed E-state index contributed by atoms with van der Waals surface area (Å²) in [6.45, 7) is 3.71. The molecular formula is C14H19N3O2. The molecule has 2 aromatic rings. The molecule has 0 aliphatic carbocycles. The van der Waals surface area contributed by atoms with E-state index in [-0.39, 0.29) is 0 Å². The second kappa shape index (κ2) is 6.13. The molecule has 0 aliphatic rings. The van der Waals surface area contributed by atoms with Crippen molar-refractivity contribution in [1.29, 1.82) is 0 Å². The highest BCUT2D eigenvalue weighted by Gasteiger charge is 2.06. The minimum atomic E-state index is 0.705. The summed E-state index contributed by atoms with van der Waals surface area (Å²) in [6.07, 6.45) is 3.70. The molecule has 0 radical (unpaired) electrons. The van der Waals surface area contributed by atoms with Gasteiger partial charge in [0.2, 0.25) is 0 Å². The Morgan fingerprint density at radius 1 is 1.26 bits per heavy atom. The van der Waals surface area contributed by atoms with E-state index >= 15 is 0 Å². The van der Waals surface area contributed by atoms with Crippen molar-refractivity contribution in [3.05, 3.63) is 36.4 Å². The Morgan fingerprint density at radius 2 is 2.11 bits per heavy atom. The number of aromatic nitrogens is 2. The lowest BCUT2D eigenvalue weighted by atomic mass is 10.2. The highest BCUT2D eigenvalue weighted by Crippen LogP contribution is 2.29. The largest absolute Gasteiger partial charge is 0.497 e. The van der Waals surface area contributed by atoms with E-state index in [0.717, 1.165) is 29.4 Å². The van der Waals surface area contributed by atoms with Crippen LogP contribution in [-0.4, -0.2) is 23.8 Å². The number of rotatable bonds is 6. The molecule has 0 saturated carbocycles. The predicted octanol–water partition coefficient (Wildman–Crippen LogP) is 2.53. The van der Waals surface area contributed by atoms with Gasteiger partial charge in [-0.3, -0.25) is 0 Å². The molecular weight excluding hydrogens is 242 g/mol. The van der Waals surface area contributed by atoms with E-state index < -0.39 is 0 Å². The SMILES string of the molecule is CCn1cncc1CNc1ccc(OC)cc1OC. The van der Waals surface area contributed by atoms with Gasteiger partial charge in [0.1, 0.15) is 11.5 Å². The van der Waals surface area contributed by atoms with E-state index in [4.69, 9.17) is 9.47 Å². The molecule has 1 N–H and O–H groups in total. The van der Waals surface area contributed by atoms with Crippen molar-refractivity contribution in [2.45, 2.75) is 20.0 Å². The van der Waals surface area contributed by atoms with Crippen LogP contribution in [0.2, 0.25) is 0 Å². The Labute approximate surface area is 113 Å². The number of ether oxygens (including phenoxy) is 2. The van der Waals surface area contributed by atoms with Gasteiger partial charge in [-0.15, -0.1) is 0 Å². The van der Waals surface area contributed by atoms with Gasteiger partial charge >= 0.3 is 0 Å². The second-order valence-electron chi connectivity index (χ2n) is 4.09. The number of hydrogen-bond donors (Lipinski definition) is 1. The standard InChI is InChI=1S/C14H19N3O2/c1-4-17-10-15-8-11(17)9-16-13-6-5-12(18-2)7-14(13)19-3/h5-8,10,16H,4,9H2,1-3H3. The van der Waals surface area contributed by atoms with E-state index in [9.17, 15) is 0 Å². The van der Waals surface area contributed by atoms with E-state index in [1.807, 2.05) is 30.7 Å². The maximum atomic E-state index is 5.35. The molecule has 1 heterocycles. The zero-order chi connectivity index (χ0) is 13.7. The van der Waals surface area contributed by atoms with E-state index in [2.05, 4.69) is 21.8 Å². The number of benzene rings is 1. The van der Waals surface area contributed by atoms with Crippen LogP contribution in [0.15, 0.2) is 30.7 Å². The van der Waals surface area contributed by atoms with Gasteiger partial charge in [0.25, 0.3) is 0 Å². The van der Waals surface area contributed by atoms with Gasteiger partial charge in [0, 0.05) is 18.8 Å². The van der Waals surface area contributed by atoms with Gasteiger partial charge in [-0.1, -0.05) is 0 Å². The van der Waals surface area contributed by atoms with Crippen molar-refractivity contribution in [3.63, 3.8) is 0 Å². The molecule has 19 heavy (non-hydrogen) atoms. The molecule has 102 valence electrons. The van der Waals surface area contributed by atoms with Gasteiger partial charge in [0.05, 0.1) is 38.5 Å². The molecule has 0 bridgehead atoms. The molecule has 1 aromatic carbocycles. The van der Waals surface area contributed by atoms with Gasteiger partial charge in [-0.25, -0.2) is 4.98 Å². The summed E-state index contributed by atoms with van der Waals surface area (Å²) in [7, 11) is 3.29. The zero-order valence-electron chi connectivity index (χ0n) is 11.5. The van der Waals surface area contributed by atoms with Crippen LogP contribution in [0.1, 0.15) is 12.6 Å². The molecule has 2 rings (SSSR count). The monoisotopic (exact) mass is 261 g/mol. The summed E-state index contributed by atoms with van der Waals surface area (Å²) in [4.78, 5) is 4.15. The van der Waals surface area contributed by atoms with E-state index in [1.165, 1.54) is 0 Å². The first-order chi connectivity index (χ1) is 9.28. The minimum Gasteiger partial charge on any atom is -0.497 e. The first-order valence-corrected chi connectivity index (χ1v) is 6.23. The number of anilines is 1. The molecule has 0 spiro atoms. The lowest BCUT2D eigenvalue weighted by Gasteiger charge is -2.13. The fourth-order valence-corrected chi connectivity index (χ4v) is 1.91. The van der Waals surface area contributed by atoms with Gasteiger partial charge in [0.15, 0.2) is 0 Å². The molecule has 0 amide bonds. The fourth-order valence-electron chi connectivity index (χ4n) is 1.91. The maximum absolute atomic E-state index is 5.35. The fraction of sp³-hybridized carbons (Fsp3) is 0.357. The summed E-state index contributed by atoms with van der Waals surface area (Å²) < 4.78 is 12.6. The average Bonchev–Trinajstić information content (AvgIpc) is 2.92. The van der Waals surface area contributed by atoms with Crippen LogP contribution in [0.3, 0.4) is 0 Å². The third kappa shape index (κ3) is 2.99. The first-order valence-electron chi connectivity index (χ1n) is 6.23. The Hall–Kier alpha value is -2.17. The zero-order valence-corrected chi connectivity index (χ0v) is 11.5. The van der Waals surface area contributed by atoms with Crippen LogP contribution in [-0.2, 0) is 13.1 Å². The Kier molecular flexibility index (Phi) is 4.28. The summed E-state index contributed by atoms with van der Waals surface area (Å²) in [5, 5.41) is 3.35. The van der Waals surface area contributed by atoms with Crippen LogP contribution in [0, 0.1) is 0 Å². The molecule has 0 saturated heterocycles.